The van der Waals surface area contributed by atoms with Crippen LogP contribution in [0.25, 0.3) is 0 Å². The number of amidine groups is 1. The molecule has 0 spiro atoms. The lowest BCUT2D eigenvalue weighted by atomic mass is 10.2. The van der Waals surface area contributed by atoms with Gasteiger partial charge in [0.1, 0.15) is 11.0 Å². The van der Waals surface area contributed by atoms with Crippen LogP contribution in [0.2, 0.25) is 0 Å². The molecule has 0 saturated carbocycles. The molecule has 1 saturated heterocycles. The molecule has 1 atom stereocenters. The summed E-state index contributed by atoms with van der Waals surface area (Å²) in [5, 5.41) is 2.84. The van der Waals surface area contributed by atoms with Gasteiger partial charge in [0.2, 0.25) is 11.8 Å². The quantitative estimate of drug-likeness (QED) is 0.649. The number of nitrogens with zero attached hydrogens (tertiary/aromatic N) is 2. The van der Waals surface area contributed by atoms with Gasteiger partial charge in [0, 0.05) is 23.6 Å². The summed E-state index contributed by atoms with van der Waals surface area (Å²) < 4.78 is 6.50. The van der Waals surface area contributed by atoms with Crippen LogP contribution in [-0.2, 0) is 9.59 Å². The van der Waals surface area contributed by atoms with Crippen molar-refractivity contribution in [3.8, 4) is 5.75 Å². The first kappa shape index (κ1) is 21.4. The van der Waals surface area contributed by atoms with Gasteiger partial charge < -0.3 is 10.1 Å². The van der Waals surface area contributed by atoms with Crippen LogP contribution >= 0.6 is 27.7 Å². The van der Waals surface area contributed by atoms with Gasteiger partial charge in [-0.2, -0.15) is 0 Å². The van der Waals surface area contributed by atoms with Crippen molar-refractivity contribution in [2.45, 2.75) is 25.0 Å². The summed E-state index contributed by atoms with van der Waals surface area (Å²) in [6, 6.07) is 14.7. The molecule has 2 amide bonds. The van der Waals surface area contributed by atoms with E-state index in [0.717, 1.165) is 22.3 Å². The smallest absolute Gasteiger partial charge is 0.238 e. The van der Waals surface area contributed by atoms with Crippen molar-refractivity contribution >= 4 is 56.0 Å². The minimum absolute atomic E-state index is 0.129. The normalized spacial score (nSPS) is 18.0. The summed E-state index contributed by atoms with van der Waals surface area (Å²) in [7, 11) is 1.68. The number of anilines is 1. The lowest BCUT2D eigenvalue weighted by Gasteiger charge is -2.28. The zero-order valence-corrected chi connectivity index (χ0v) is 18.6. The van der Waals surface area contributed by atoms with E-state index in [9.17, 15) is 9.59 Å². The number of ether oxygens (including phenoxy) is 1. The third-order valence-electron chi connectivity index (χ3n) is 4.21. The molecule has 1 aliphatic heterocycles. The lowest BCUT2D eigenvalue weighted by molar-refractivity contribution is -0.128. The van der Waals surface area contributed by atoms with Gasteiger partial charge in [-0.3, -0.25) is 14.5 Å². The van der Waals surface area contributed by atoms with E-state index < -0.39 is 5.25 Å². The Balaban J connectivity index is 1.68. The number of aliphatic imine (C=N–C) groups is 1. The first-order valence-electron chi connectivity index (χ1n) is 9.27. The molecule has 1 heterocycles. The maximum atomic E-state index is 12.7. The molecular formula is C21H22BrN3O3S. The second-order valence-corrected chi connectivity index (χ2v) is 8.58. The number of amides is 2. The van der Waals surface area contributed by atoms with Crippen LogP contribution in [0.3, 0.4) is 0 Å². The van der Waals surface area contributed by atoms with Crippen LogP contribution in [0, 0.1) is 0 Å². The number of carbonyl (C=O) groups excluding carboxylic acids is 2. The van der Waals surface area contributed by atoms with Gasteiger partial charge in [-0.1, -0.05) is 34.6 Å². The summed E-state index contributed by atoms with van der Waals surface area (Å²) in [6.45, 7) is 2.70. The number of halogens is 1. The molecule has 1 fully saturated rings. The van der Waals surface area contributed by atoms with Crippen molar-refractivity contribution in [1.82, 2.24) is 4.90 Å². The molecule has 3 rings (SSSR count). The second-order valence-electron chi connectivity index (χ2n) is 6.50. The fourth-order valence-electron chi connectivity index (χ4n) is 2.60. The van der Waals surface area contributed by atoms with Crippen LogP contribution in [0.15, 0.2) is 58.0 Å². The Kier molecular flexibility index (Phi) is 7.33. The highest BCUT2D eigenvalue weighted by atomic mass is 79.9. The Bertz CT molecular complexity index is 900. The standard InChI is InChI=1S/C21H22BrN3O3S/c1-3-12-28-17-10-8-15(9-11-17)23-20(27)18-13-19(26)25(2)21(29-18)24-16-6-4-14(22)5-7-16/h4-11,18H,3,12-13H2,1-2H3,(H,23,27). The molecule has 29 heavy (non-hydrogen) atoms. The zero-order chi connectivity index (χ0) is 20.8. The van der Waals surface area contributed by atoms with Crippen molar-refractivity contribution in [2.24, 2.45) is 4.99 Å². The van der Waals surface area contributed by atoms with E-state index in [0.29, 0.717) is 17.5 Å². The SMILES string of the molecule is CCCOc1ccc(NC(=O)C2CC(=O)N(C)C(=Nc3ccc(Br)cc3)S2)cc1. The monoisotopic (exact) mass is 475 g/mol. The highest BCUT2D eigenvalue weighted by molar-refractivity contribution is 9.10. The summed E-state index contributed by atoms with van der Waals surface area (Å²) >= 11 is 4.68. The van der Waals surface area contributed by atoms with Gasteiger partial charge in [0.25, 0.3) is 0 Å². The average Bonchev–Trinajstić information content (AvgIpc) is 2.72. The predicted octanol–water partition coefficient (Wildman–Crippen LogP) is 4.83. The van der Waals surface area contributed by atoms with E-state index in [1.165, 1.54) is 16.7 Å². The van der Waals surface area contributed by atoms with E-state index in [4.69, 9.17) is 4.74 Å². The minimum atomic E-state index is -0.538. The number of hydrogen-bond donors (Lipinski definition) is 1. The Morgan fingerprint density at radius 2 is 1.93 bits per heavy atom. The van der Waals surface area contributed by atoms with E-state index in [1.54, 1.807) is 19.2 Å². The van der Waals surface area contributed by atoms with Gasteiger partial charge in [-0.25, -0.2) is 4.99 Å². The largest absolute Gasteiger partial charge is 0.494 e. The summed E-state index contributed by atoms with van der Waals surface area (Å²) in [6.07, 6.45) is 1.06. The maximum absolute atomic E-state index is 12.7. The molecule has 0 aromatic heterocycles. The number of rotatable bonds is 6. The van der Waals surface area contributed by atoms with Crippen LogP contribution in [0.4, 0.5) is 11.4 Å². The molecule has 0 aliphatic carbocycles. The van der Waals surface area contributed by atoms with E-state index in [2.05, 4.69) is 26.2 Å². The number of nitrogens with one attached hydrogen (secondary N) is 1. The molecule has 2 aromatic rings. The highest BCUT2D eigenvalue weighted by Crippen LogP contribution is 2.29. The Morgan fingerprint density at radius 1 is 1.24 bits per heavy atom. The van der Waals surface area contributed by atoms with Crippen LogP contribution < -0.4 is 10.1 Å². The summed E-state index contributed by atoms with van der Waals surface area (Å²) in [4.78, 5) is 31.1. The molecule has 0 bridgehead atoms. The van der Waals surface area contributed by atoms with Crippen molar-refractivity contribution < 1.29 is 14.3 Å². The minimum Gasteiger partial charge on any atom is -0.494 e. The van der Waals surface area contributed by atoms with E-state index in [1.807, 2.05) is 43.3 Å². The molecule has 152 valence electrons. The zero-order valence-electron chi connectivity index (χ0n) is 16.2. The first-order chi connectivity index (χ1) is 14.0. The highest BCUT2D eigenvalue weighted by Gasteiger charge is 2.34. The topological polar surface area (TPSA) is 71.0 Å². The van der Waals surface area contributed by atoms with E-state index >= 15 is 0 Å². The van der Waals surface area contributed by atoms with Gasteiger partial charge in [-0.05, 0) is 55.0 Å². The molecule has 0 radical (unpaired) electrons. The lowest BCUT2D eigenvalue weighted by Crippen LogP contribution is -2.43. The van der Waals surface area contributed by atoms with Crippen molar-refractivity contribution in [2.75, 3.05) is 19.0 Å². The van der Waals surface area contributed by atoms with Crippen molar-refractivity contribution in [1.29, 1.82) is 0 Å². The van der Waals surface area contributed by atoms with Crippen molar-refractivity contribution in [3.05, 3.63) is 53.0 Å². The first-order valence-corrected chi connectivity index (χ1v) is 10.9. The average molecular weight is 476 g/mol. The maximum Gasteiger partial charge on any atom is 0.238 e. The van der Waals surface area contributed by atoms with Gasteiger partial charge in [0.15, 0.2) is 5.17 Å². The Hall–Kier alpha value is -2.32. The third kappa shape index (κ3) is 5.83. The second kappa shape index (κ2) is 9.93. The fraction of sp³-hybridized carbons (Fsp3) is 0.286. The molecule has 1 N–H and O–H groups in total. The molecule has 8 heteroatoms. The molecule has 1 aliphatic rings. The Labute approximate surface area is 182 Å². The number of hydrogen-bond acceptors (Lipinski definition) is 5. The molecular weight excluding hydrogens is 454 g/mol. The van der Waals surface area contributed by atoms with Crippen LogP contribution in [0.5, 0.6) is 5.75 Å². The fourth-order valence-corrected chi connectivity index (χ4v) is 3.93. The van der Waals surface area contributed by atoms with Crippen LogP contribution in [-0.4, -0.2) is 40.8 Å². The molecule has 2 aromatic carbocycles. The van der Waals surface area contributed by atoms with E-state index in [-0.39, 0.29) is 18.2 Å². The number of thioether (sulfide) groups is 1. The van der Waals surface area contributed by atoms with Gasteiger partial charge >= 0.3 is 0 Å². The summed E-state index contributed by atoms with van der Waals surface area (Å²) in [5.74, 6) is 0.405. The van der Waals surface area contributed by atoms with Gasteiger partial charge in [0.05, 0.1) is 12.3 Å². The summed E-state index contributed by atoms with van der Waals surface area (Å²) in [5.41, 5.74) is 1.39. The predicted molar refractivity (Wildman–Crippen MR) is 121 cm³/mol. The molecule has 6 nitrogen and oxygen atoms in total. The third-order valence-corrected chi connectivity index (χ3v) is 5.98. The van der Waals surface area contributed by atoms with Gasteiger partial charge in [-0.15, -0.1) is 0 Å². The number of benzene rings is 2. The molecule has 1 unspecified atom stereocenters. The van der Waals surface area contributed by atoms with Crippen LogP contribution in [0.1, 0.15) is 19.8 Å². The van der Waals surface area contributed by atoms with Crippen molar-refractivity contribution in [3.63, 3.8) is 0 Å². The number of carbonyl (C=O) groups is 2. The Morgan fingerprint density at radius 3 is 2.59 bits per heavy atom.